The van der Waals surface area contributed by atoms with E-state index in [9.17, 15) is 18.8 Å². The summed E-state index contributed by atoms with van der Waals surface area (Å²) in [5.74, 6) is -1.46. The first-order valence-electron chi connectivity index (χ1n) is 10.6. The molecule has 2 unspecified atom stereocenters. The SMILES string of the molecule is CCC(C)NC(=O)c1ccccc1NC(=O)C1CCCN(C(=O)c2ccc(F)cc2)C1. The van der Waals surface area contributed by atoms with Crippen molar-refractivity contribution >= 4 is 23.4 Å². The topological polar surface area (TPSA) is 78.5 Å². The molecule has 2 N–H and O–H groups in total. The number of hydrogen-bond donors (Lipinski definition) is 2. The lowest BCUT2D eigenvalue weighted by Crippen LogP contribution is -2.44. The van der Waals surface area contributed by atoms with Gasteiger partial charge in [0.25, 0.3) is 11.8 Å². The standard InChI is InChI=1S/C24H28FN3O3/c1-3-16(2)26-23(30)20-8-4-5-9-21(20)27-22(29)18-7-6-14-28(15-18)24(31)17-10-12-19(25)13-11-17/h4-5,8-13,16,18H,3,6-7,14-15H2,1-2H3,(H,26,30)(H,27,29). The van der Waals surface area contributed by atoms with Crippen molar-refractivity contribution in [3.05, 3.63) is 65.5 Å². The van der Waals surface area contributed by atoms with E-state index in [1.165, 1.54) is 24.3 Å². The molecule has 164 valence electrons. The zero-order chi connectivity index (χ0) is 22.4. The predicted octanol–water partition coefficient (Wildman–Crippen LogP) is 3.84. The summed E-state index contributed by atoms with van der Waals surface area (Å²) in [6, 6.07) is 12.3. The fourth-order valence-electron chi connectivity index (χ4n) is 3.58. The molecule has 2 atom stereocenters. The molecule has 3 amide bonds. The van der Waals surface area contributed by atoms with Crippen LogP contribution in [0.4, 0.5) is 10.1 Å². The van der Waals surface area contributed by atoms with Crippen molar-refractivity contribution in [3.8, 4) is 0 Å². The van der Waals surface area contributed by atoms with E-state index in [2.05, 4.69) is 10.6 Å². The maximum absolute atomic E-state index is 13.1. The molecule has 1 fully saturated rings. The Labute approximate surface area is 181 Å². The van der Waals surface area contributed by atoms with Gasteiger partial charge >= 0.3 is 0 Å². The van der Waals surface area contributed by atoms with Crippen LogP contribution in [0.15, 0.2) is 48.5 Å². The molecular formula is C24H28FN3O3. The van der Waals surface area contributed by atoms with Gasteiger partial charge in [0.15, 0.2) is 0 Å². The monoisotopic (exact) mass is 425 g/mol. The molecule has 1 aliphatic rings. The zero-order valence-electron chi connectivity index (χ0n) is 17.9. The number of benzene rings is 2. The molecule has 3 rings (SSSR count). The summed E-state index contributed by atoms with van der Waals surface area (Å²) in [4.78, 5) is 39.9. The van der Waals surface area contributed by atoms with Gasteiger partial charge in [-0.3, -0.25) is 14.4 Å². The molecule has 7 heteroatoms. The summed E-state index contributed by atoms with van der Waals surface area (Å²) in [6.45, 7) is 4.74. The third kappa shape index (κ3) is 5.69. The Hall–Kier alpha value is -3.22. The van der Waals surface area contributed by atoms with Crippen LogP contribution < -0.4 is 10.6 Å². The highest BCUT2D eigenvalue weighted by atomic mass is 19.1. The summed E-state index contributed by atoms with van der Waals surface area (Å²) in [5.41, 5.74) is 1.26. The fraction of sp³-hybridized carbons (Fsp3) is 0.375. The average molecular weight is 426 g/mol. The molecule has 1 saturated heterocycles. The third-order valence-electron chi connectivity index (χ3n) is 5.59. The van der Waals surface area contributed by atoms with Gasteiger partial charge in [-0.15, -0.1) is 0 Å². The Morgan fingerprint density at radius 1 is 1.13 bits per heavy atom. The maximum Gasteiger partial charge on any atom is 0.253 e. The molecule has 0 aliphatic carbocycles. The largest absolute Gasteiger partial charge is 0.350 e. The van der Waals surface area contributed by atoms with Crippen molar-refractivity contribution in [2.24, 2.45) is 5.92 Å². The fourth-order valence-corrected chi connectivity index (χ4v) is 3.58. The number of carbonyl (C=O) groups is 3. The van der Waals surface area contributed by atoms with Gasteiger partial charge in [0.2, 0.25) is 5.91 Å². The maximum atomic E-state index is 13.1. The van der Waals surface area contributed by atoms with Gasteiger partial charge < -0.3 is 15.5 Å². The lowest BCUT2D eigenvalue weighted by molar-refractivity contribution is -0.121. The number of rotatable bonds is 6. The number of amides is 3. The van der Waals surface area contributed by atoms with Crippen molar-refractivity contribution < 1.29 is 18.8 Å². The van der Waals surface area contributed by atoms with Crippen molar-refractivity contribution in [3.63, 3.8) is 0 Å². The van der Waals surface area contributed by atoms with E-state index in [1.54, 1.807) is 29.2 Å². The number of piperidine rings is 1. The van der Waals surface area contributed by atoms with Gasteiger partial charge in [-0.1, -0.05) is 19.1 Å². The number of halogens is 1. The van der Waals surface area contributed by atoms with Crippen molar-refractivity contribution in [2.45, 2.75) is 39.2 Å². The van der Waals surface area contributed by atoms with Crippen LogP contribution in [0.3, 0.4) is 0 Å². The van der Waals surface area contributed by atoms with Crippen LogP contribution in [0.25, 0.3) is 0 Å². The molecule has 0 aromatic heterocycles. The molecule has 0 saturated carbocycles. The van der Waals surface area contributed by atoms with E-state index >= 15 is 0 Å². The van der Waals surface area contributed by atoms with Crippen molar-refractivity contribution in [2.75, 3.05) is 18.4 Å². The average Bonchev–Trinajstić information content (AvgIpc) is 2.79. The summed E-state index contributed by atoms with van der Waals surface area (Å²) < 4.78 is 13.1. The minimum Gasteiger partial charge on any atom is -0.350 e. The molecule has 2 aromatic rings. The summed E-state index contributed by atoms with van der Waals surface area (Å²) >= 11 is 0. The number of para-hydroxylation sites is 1. The molecule has 0 spiro atoms. The van der Waals surface area contributed by atoms with Gasteiger partial charge in [0.1, 0.15) is 5.82 Å². The smallest absolute Gasteiger partial charge is 0.253 e. The highest BCUT2D eigenvalue weighted by molar-refractivity contribution is 6.04. The van der Waals surface area contributed by atoms with E-state index in [0.717, 1.165) is 6.42 Å². The quantitative estimate of drug-likeness (QED) is 0.738. The predicted molar refractivity (Wildman–Crippen MR) is 117 cm³/mol. The number of anilines is 1. The van der Waals surface area contributed by atoms with Crippen LogP contribution in [0.1, 0.15) is 53.8 Å². The first-order valence-corrected chi connectivity index (χ1v) is 10.6. The number of likely N-dealkylation sites (tertiary alicyclic amines) is 1. The Balaban J connectivity index is 1.67. The number of hydrogen-bond acceptors (Lipinski definition) is 3. The van der Waals surface area contributed by atoms with E-state index in [0.29, 0.717) is 36.2 Å². The van der Waals surface area contributed by atoms with Crippen molar-refractivity contribution in [1.82, 2.24) is 10.2 Å². The van der Waals surface area contributed by atoms with Crippen LogP contribution in [-0.2, 0) is 4.79 Å². The van der Waals surface area contributed by atoms with Gasteiger partial charge in [-0.05, 0) is 62.6 Å². The molecular weight excluding hydrogens is 397 g/mol. The molecule has 1 heterocycles. The third-order valence-corrected chi connectivity index (χ3v) is 5.59. The minimum atomic E-state index is -0.400. The Morgan fingerprint density at radius 2 is 1.84 bits per heavy atom. The number of nitrogens with zero attached hydrogens (tertiary/aromatic N) is 1. The van der Waals surface area contributed by atoms with E-state index in [1.807, 2.05) is 13.8 Å². The summed E-state index contributed by atoms with van der Waals surface area (Å²) in [5, 5.41) is 5.79. The second-order valence-corrected chi connectivity index (χ2v) is 7.91. The van der Waals surface area contributed by atoms with Crippen LogP contribution in [0, 0.1) is 11.7 Å². The van der Waals surface area contributed by atoms with E-state index in [4.69, 9.17) is 0 Å². The number of carbonyl (C=O) groups excluding carboxylic acids is 3. The van der Waals surface area contributed by atoms with Gasteiger partial charge in [-0.2, -0.15) is 0 Å². The number of nitrogens with one attached hydrogen (secondary N) is 2. The first-order chi connectivity index (χ1) is 14.9. The second kappa shape index (κ2) is 10.2. The van der Waals surface area contributed by atoms with Gasteiger partial charge in [0.05, 0.1) is 17.2 Å². The summed E-state index contributed by atoms with van der Waals surface area (Å²) in [6.07, 6.45) is 2.15. The Kier molecular flexibility index (Phi) is 7.39. The second-order valence-electron chi connectivity index (χ2n) is 7.91. The van der Waals surface area contributed by atoms with Crippen LogP contribution in [0.2, 0.25) is 0 Å². The first kappa shape index (κ1) is 22.5. The van der Waals surface area contributed by atoms with Crippen LogP contribution in [-0.4, -0.2) is 41.8 Å². The molecule has 0 bridgehead atoms. The lowest BCUT2D eigenvalue weighted by Gasteiger charge is -2.32. The molecule has 2 aromatic carbocycles. The van der Waals surface area contributed by atoms with E-state index in [-0.39, 0.29) is 36.2 Å². The van der Waals surface area contributed by atoms with Crippen molar-refractivity contribution in [1.29, 1.82) is 0 Å². The highest BCUT2D eigenvalue weighted by Crippen LogP contribution is 2.22. The molecule has 31 heavy (non-hydrogen) atoms. The normalized spacial score (nSPS) is 17.0. The minimum absolute atomic E-state index is 0.0284. The Bertz CT molecular complexity index is 945. The van der Waals surface area contributed by atoms with Gasteiger partial charge in [0, 0.05) is 24.7 Å². The van der Waals surface area contributed by atoms with E-state index < -0.39 is 5.82 Å². The molecule has 6 nitrogen and oxygen atoms in total. The Morgan fingerprint density at radius 3 is 2.55 bits per heavy atom. The van der Waals surface area contributed by atoms with Crippen LogP contribution >= 0.6 is 0 Å². The molecule has 0 radical (unpaired) electrons. The highest BCUT2D eigenvalue weighted by Gasteiger charge is 2.29. The summed E-state index contributed by atoms with van der Waals surface area (Å²) in [7, 11) is 0. The zero-order valence-corrected chi connectivity index (χ0v) is 17.9. The van der Waals surface area contributed by atoms with Crippen LogP contribution in [0.5, 0.6) is 0 Å². The van der Waals surface area contributed by atoms with Gasteiger partial charge in [-0.25, -0.2) is 4.39 Å². The molecule has 1 aliphatic heterocycles. The lowest BCUT2D eigenvalue weighted by atomic mass is 9.96.